The van der Waals surface area contributed by atoms with Crippen molar-refractivity contribution in [3.05, 3.63) is 221 Å². The molecular weight excluding hydrogens is 763 g/mol. The average Bonchev–Trinajstić information content (AvgIpc) is 3.66. The maximum Gasteiger partial charge on any atom is 0.305 e. The third-order valence-corrected chi connectivity index (χ3v) is 14.9. The van der Waals surface area contributed by atoms with E-state index in [0.717, 1.165) is 35.7 Å². The van der Waals surface area contributed by atoms with Crippen LogP contribution in [-0.4, -0.2) is 6.16 Å². The van der Waals surface area contributed by atoms with Crippen LogP contribution >= 0.6 is 7.26 Å². The van der Waals surface area contributed by atoms with Crippen molar-refractivity contribution in [2.45, 2.75) is 18.6 Å². The van der Waals surface area contributed by atoms with Gasteiger partial charge in [-0.15, -0.1) is 0 Å². The molecule has 0 saturated carbocycles. The molecule has 4 nitrogen and oxygen atoms in total. The normalized spacial score (nSPS) is 12.9. The lowest BCUT2D eigenvalue weighted by atomic mass is 9.97. The summed E-state index contributed by atoms with van der Waals surface area (Å²) < 4.78 is 19.9. The minimum absolute atomic E-state index is 0. The number of halogens is 1. The van der Waals surface area contributed by atoms with Crippen LogP contribution in [0.25, 0.3) is 22.3 Å². The second-order valence-corrected chi connectivity index (χ2v) is 17.3. The van der Waals surface area contributed by atoms with Gasteiger partial charge < -0.3 is 30.9 Å². The fraction of sp³-hybridized carbons (Fsp3) is 0.0816. The topological polar surface area (TPSA) is 48.7 Å². The van der Waals surface area contributed by atoms with Crippen LogP contribution in [0.2, 0.25) is 0 Å². The van der Waals surface area contributed by atoms with Gasteiger partial charge in [0, 0.05) is 22.8 Å². The van der Waals surface area contributed by atoms with Gasteiger partial charge in [0.2, 0.25) is 5.75 Å². The molecule has 0 bridgehead atoms. The van der Waals surface area contributed by atoms with Crippen LogP contribution in [-0.2, 0) is 12.2 Å². The molecule has 8 aromatic rings. The third kappa shape index (κ3) is 6.69. The van der Waals surface area contributed by atoms with Crippen molar-refractivity contribution in [3.63, 3.8) is 0 Å². The van der Waals surface area contributed by atoms with Crippen molar-refractivity contribution in [2.24, 2.45) is 0 Å². The Balaban J connectivity index is 0.00000427. The van der Waals surface area contributed by atoms with Gasteiger partial charge in [0.1, 0.15) is 28.9 Å². The summed E-state index contributed by atoms with van der Waals surface area (Å²) in [4.78, 5) is 13.6. The number of hydrogen-bond donors (Lipinski definition) is 0. The SMILES string of the molecule is O=c1cc(-c2ccc(CCC[P+](c3ccccc3)(c3ccccc3)c3ccccc3)cc2)oc2c3c(ccc12)OC(c1ccccc1)(c1ccccc1)O3.[Br-]. The van der Waals surface area contributed by atoms with Crippen LogP contribution in [0.15, 0.2) is 203 Å². The summed E-state index contributed by atoms with van der Waals surface area (Å²) in [5, 5.41) is 4.64. The van der Waals surface area contributed by atoms with E-state index < -0.39 is 13.0 Å². The zero-order valence-corrected chi connectivity index (χ0v) is 32.5. The fourth-order valence-electron chi connectivity index (χ4n) is 7.77. The maximum atomic E-state index is 13.6. The summed E-state index contributed by atoms with van der Waals surface area (Å²) in [6, 6.07) is 66.3. The molecule has 1 aromatic heterocycles. The molecule has 1 aliphatic heterocycles. The molecule has 2 heterocycles. The highest BCUT2D eigenvalue weighted by Gasteiger charge is 2.47. The minimum atomic E-state index is -1.90. The molecule has 55 heavy (non-hydrogen) atoms. The van der Waals surface area contributed by atoms with E-state index in [4.69, 9.17) is 13.9 Å². The zero-order valence-electron chi connectivity index (χ0n) is 30.1. The van der Waals surface area contributed by atoms with Gasteiger partial charge in [-0.3, -0.25) is 4.79 Å². The number of hydrogen-bond acceptors (Lipinski definition) is 4. The molecule has 270 valence electrons. The summed E-state index contributed by atoms with van der Waals surface area (Å²) in [6.07, 6.45) is 2.99. The number of rotatable bonds is 10. The van der Waals surface area contributed by atoms with E-state index in [2.05, 4.69) is 103 Å². The van der Waals surface area contributed by atoms with Gasteiger partial charge in [-0.2, -0.15) is 0 Å². The number of aryl methyl sites for hydroxylation is 1. The van der Waals surface area contributed by atoms with Gasteiger partial charge in [-0.25, -0.2) is 0 Å². The molecule has 6 heteroatoms. The Kier molecular flexibility index (Phi) is 10.2. The fourth-order valence-corrected chi connectivity index (χ4v) is 12.1. The molecule has 0 spiro atoms. The van der Waals surface area contributed by atoms with Gasteiger partial charge in [0.05, 0.1) is 11.5 Å². The maximum absolute atomic E-state index is 13.6. The molecule has 0 aliphatic carbocycles. The molecule has 9 rings (SSSR count). The van der Waals surface area contributed by atoms with Gasteiger partial charge in [0.15, 0.2) is 16.8 Å². The molecular formula is C49H38BrO4P. The van der Waals surface area contributed by atoms with E-state index in [1.165, 1.54) is 21.5 Å². The number of ether oxygens (including phenoxy) is 2. The largest absolute Gasteiger partial charge is 1.00 e. The third-order valence-electron chi connectivity index (χ3n) is 10.4. The molecule has 0 atom stereocenters. The van der Waals surface area contributed by atoms with Gasteiger partial charge in [-0.1, -0.05) is 140 Å². The van der Waals surface area contributed by atoms with Gasteiger partial charge in [0.25, 0.3) is 0 Å². The molecule has 0 amide bonds. The predicted molar refractivity (Wildman–Crippen MR) is 221 cm³/mol. The Labute approximate surface area is 332 Å². The Hall–Kier alpha value is -5.74. The van der Waals surface area contributed by atoms with E-state index in [9.17, 15) is 4.79 Å². The molecule has 0 unspecified atom stereocenters. The van der Waals surface area contributed by atoms with Gasteiger partial charge in [-0.05, 0) is 66.9 Å². The van der Waals surface area contributed by atoms with E-state index in [-0.39, 0.29) is 22.4 Å². The molecule has 1 aliphatic rings. The standard InChI is InChI=1S/C49H38O4P.BrH/c50-44-35-46(51-47-43(44)32-33-45-48(47)53-49(52-45,38-18-6-1-7-19-38)39-20-8-2-9-21-39)37-30-28-36(29-31-37)17-16-34-54(40-22-10-3-11-23-40,41-24-12-4-13-25-41)42-26-14-5-15-27-42;/h1-15,18-33,35H,16-17,34H2;1H/q+1;/p-1. The second kappa shape index (κ2) is 15.5. The quantitative estimate of drug-likeness (QED) is 0.139. The van der Waals surface area contributed by atoms with Crippen LogP contribution in [0.1, 0.15) is 23.1 Å². The smallest absolute Gasteiger partial charge is 0.305 e. The Morgan fingerprint density at radius 2 is 1.02 bits per heavy atom. The molecule has 0 saturated heterocycles. The molecule has 0 fully saturated rings. The first-order valence-electron chi connectivity index (χ1n) is 18.4. The Morgan fingerprint density at radius 1 is 0.527 bits per heavy atom. The summed E-state index contributed by atoms with van der Waals surface area (Å²) in [5.74, 6) is 0.191. The van der Waals surface area contributed by atoms with Crippen LogP contribution < -0.4 is 47.8 Å². The molecule has 7 aromatic carbocycles. The summed E-state index contributed by atoms with van der Waals surface area (Å²) in [7, 11) is -1.90. The highest BCUT2D eigenvalue weighted by atomic mass is 79.9. The first-order chi connectivity index (χ1) is 26.6. The van der Waals surface area contributed by atoms with Crippen molar-refractivity contribution < 1.29 is 30.9 Å². The minimum Gasteiger partial charge on any atom is -1.00 e. The van der Waals surface area contributed by atoms with Crippen LogP contribution in [0.5, 0.6) is 11.5 Å². The van der Waals surface area contributed by atoms with Crippen LogP contribution in [0.3, 0.4) is 0 Å². The summed E-state index contributed by atoms with van der Waals surface area (Å²) in [6.45, 7) is 0. The van der Waals surface area contributed by atoms with E-state index in [1.54, 1.807) is 18.2 Å². The predicted octanol–water partition coefficient (Wildman–Crippen LogP) is 7.06. The monoisotopic (exact) mass is 800 g/mol. The van der Waals surface area contributed by atoms with Crippen LogP contribution in [0, 0.1) is 0 Å². The lowest BCUT2D eigenvalue weighted by Gasteiger charge is -2.28. The Morgan fingerprint density at radius 3 is 1.53 bits per heavy atom. The summed E-state index contributed by atoms with van der Waals surface area (Å²) in [5.41, 5.74) is 3.97. The lowest BCUT2D eigenvalue weighted by molar-refractivity contribution is -0.0456. The zero-order chi connectivity index (χ0) is 36.4. The highest BCUT2D eigenvalue weighted by Crippen LogP contribution is 2.56. The van der Waals surface area contributed by atoms with E-state index >= 15 is 0 Å². The van der Waals surface area contributed by atoms with Crippen molar-refractivity contribution in [1.82, 2.24) is 0 Å². The average molecular weight is 802 g/mol. The van der Waals surface area contributed by atoms with Crippen molar-refractivity contribution >= 4 is 34.1 Å². The van der Waals surface area contributed by atoms with Crippen molar-refractivity contribution in [3.8, 4) is 22.8 Å². The molecule has 0 radical (unpaired) electrons. The first-order valence-corrected chi connectivity index (χ1v) is 20.4. The van der Waals surface area contributed by atoms with Crippen molar-refractivity contribution in [2.75, 3.05) is 6.16 Å². The lowest BCUT2D eigenvalue weighted by Crippen LogP contribution is -3.00. The van der Waals surface area contributed by atoms with E-state index in [0.29, 0.717) is 28.2 Å². The highest BCUT2D eigenvalue weighted by molar-refractivity contribution is 7.95. The van der Waals surface area contributed by atoms with Crippen molar-refractivity contribution in [1.29, 1.82) is 0 Å². The van der Waals surface area contributed by atoms with Gasteiger partial charge >= 0.3 is 5.79 Å². The number of fused-ring (bicyclic) bond motifs is 3. The number of benzene rings is 7. The first kappa shape index (κ1) is 36.2. The Bertz CT molecular complexity index is 2440. The second-order valence-electron chi connectivity index (χ2n) is 13.6. The summed E-state index contributed by atoms with van der Waals surface area (Å²) >= 11 is 0. The van der Waals surface area contributed by atoms with E-state index in [1.807, 2.05) is 72.8 Å². The van der Waals surface area contributed by atoms with Crippen LogP contribution in [0.4, 0.5) is 0 Å². The molecule has 0 N–H and O–H groups in total.